The van der Waals surface area contributed by atoms with E-state index in [-0.39, 0.29) is 11.9 Å². The lowest BCUT2D eigenvalue weighted by Gasteiger charge is -2.13. The molecule has 1 aliphatic heterocycles. The van der Waals surface area contributed by atoms with Crippen molar-refractivity contribution in [1.29, 1.82) is 0 Å². The molecule has 94 valence electrons. The number of aromatic nitrogens is 1. The van der Waals surface area contributed by atoms with Crippen molar-refractivity contribution < 1.29 is 15.0 Å². The molecule has 6 heteroatoms. The number of rotatable bonds is 5. The van der Waals surface area contributed by atoms with E-state index in [1.165, 1.54) is 0 Å². The summed E-state index contributed by atoms with van der Waals surface area (Å²) in [6.07, 6.45) is 2.94. The second kappa shape index (κ2) is 5.12. The molecular formula is C11H16N2O3S. The van der Waals surface area contributed by atoms with Crippen molar-refractivity contribution in [2.75, 3.05) is 5.75 Å². The molecular weight excluding hydrogens is 240 g/mol. The van der Waals surface area contributed by atoms with Crippen molar-refractivity contribution in [3.63, 3.8) is 0 Å². The summed E-state index contributed by atoms with van der Waals surface area (Å²) < 4.78 is 2.12. The number of hydrogen-bond donors (Lipinski definition) is 3. The van der Waals surface area contributed by atoms with E-state index in [4.69, 9.17) is 10.8 Å². The van der Waals surface area contributed by atoms with E-state index in [9.17, 15) is 9.90 Å². The van der Waals surface area contributed by atoms with Gasteiger partial charge in [0.2, 0.25) is 0 Å². The van der Waals surface area contributed by atoms with Gasteiger partial charge in [-0.15, -0.1) is 11.8 Å². The van der Waals surface area contributed by atoms with Gasteiger partial charge in [0.25, 0.3) is 0 Å². The van der Waals surface area contributed by atoms with Gasteiger partial charge in [0.1, 0.15) is 6.04 Å². The molecule has 5 nitrogen and oxygen atoms in total. The third kappa shape index (κ3) is 2.48. The monoisotopic (exact) mass is 256 g/mol. The van der Waals surface area contributed by atoms with Gasteiger partial charge in [0.05, 0.1) is 6.61 Å². The molecule has 1 aromatic heterocycles. The lowest BCUT2D eigenvalue weighted by atomic mass is 10.2. The molecule has 0 bridgehead atoms. The number of carboxylic acids is 1. The summed E-state index contributed by atoms with van der Waals surface area (Å²) in [6.45, 7) is 0.958. The number of aliphatic carboxylic acids is 1. The van der Waals surface area contributed by atoms with Crippen LogP contribution in [-0.2, 0) is 17.9 Å². The van der Waals surface area contributed by atoms with E-state index < -0.39 is 12.0 Å². The van der Waals surface area contributed by atoms with Gasteiger partial charge in [-0.2, -0.15) is 0 Å². The normalized spacial score (nSPS) is 20.2. The Morgan fingerprint density at radius 2 is 2.47 bits per heavy atom. The minimum Gasteiger partial charge on any atom is -0.480 e. The lowest BCUT2D eigenvalue weighted by molar-refractivity contribution is -0.137. The Labute approximate surface area is 104 Å². The third-order valence-electron chi connectivity index (χ3n) is 3.00. The molecule has 2 rings (SSSR count). The maximum atomic E-state index is 10.6. The van der Waals surface area contributed by atoms with Gasteiger partial charge in [-0.25, -0.2) is 0 Å². The number of aryl methyl sites for hydroxylation is 1. The van der Waals surface area contributed by atoms with Crippen LogP contribution < -0.4 is 5.73 Å². The van der Waals surface area contributed by atoms with Crippen LogP contribution in [-0.4, -0.2) is 32.5 Å². The molecule has 2 unspecified atom stereocenters. The topological polar surface area (TPSA) is 88.5 Å². The summed E-state index contributed by atoms with van der Waals surface area (Å²) in [5, 5.41) is 18.2. The van der Waals surface area contributed by atoms with Gasteiger partial charge in [-0.3, -0.25) is 4.79 Å². The van der Waals surface area contributed by atoms with Crippen LogP contribution in [0.4, 0.5) is 0 Å². The van der Waals surface area contributed by atoms with Crippen LogP contribution in [0.3, 0.4) is 0 Å². The van der Waals surface area contributed by atoms with Crippen LogP contribution in [0, 0.1) is 0 Å². The number of hydrogen-bond acceptors (Lipinski definition) is 4. The summed E-state index contributed by atoms with van der Waals surface area (Å²) in [6, 6.07) is 1.10. The predicted octanol–water partition coefficient (Wildman–Crippen LogP) is 0.570. The van der Waals surface area contributed by atoms with Crippen LogP contribution in [0.2, 0.25) is 0 Å². The molecule has 0 fully saturated rings. The molecule has 0 amide bonds. The van der Waals surface area contributed by atoms with Crippen molar-refractivity contribution in [2.24, 2.45) is 5.73 Å². The molecule has 0 radical (unpaired) electrons. The molecule has 0 saturated carbocycles. The van der Waals surface area contributed by atoms with Crippen LogP contribution in [0.1, 0.15) is 22.9 Å². The zero-order valence-electron chi connectivity index (χ0n) is 9.37. The van der Waals surface area contributed by atoms with Crippen molar-refractivity contribution in [1.82, 2.24) is 4.57 Å². The fraction of sp³-hybridized carbons (Fsp3) is 0.545. The Hall–Kier alpha value is -0.980. The van der Waals surface area contributed by atoms with Crippen molar-refractivity contribution in [2.45, 2.75) is 30.9 Å². The number of nitrogens with zero attached hydrogens (tertiary/aromatic N) is 1. The minimum atomic E-state index is -0.965. The van der Waals surface area contributed by atoms with Crippen molar-refractivity contribution >= 4 is 17.7 Å². The van der Waals surface area contributed by atoms with E-state index in [1.54, 1.807) is 11.8 Å². The second-order valence-corrected chi connectivity index (χ2v) is 5.37. The van der Waals surface area contributed by atoms with Crippen LogP contribution in [0.25, 0.3) is 0 Å². The quantitative estimate of drug-likeness (QED) is 0.717. The van der Waals surface area contributed by atoms with E-state index in [2.05, 4.69) is 4.57 Å². The Morgan fingerprint density at radius 1 is 1.71 bits per heavy atom. The highest BCUT2D eigenvalue weighted by Gasteiger charge is 2.27. The maximum Gasteiger partial charge on any atom is 0.321 e. The predicted molar refractivity (Wildman–Crippen MR) is 65.8 cm³/mol. The number of fused-ring (bicyclic) bond motifs is 1. The van der Waals surface area contributed by atoms with Gasteiger partial charge in [0.15, 0.2) is 0 Å². The van der Waals surface area contributed by atoms with E-state index in [0.717, 1.165) is 24.2 Å². The first-order valence-corrected chi connectivity index (χ1v) is 6.57. The number of carbonyl (C=O) groups is 1. The highest BCUT2D eigenvalue weighted by molar-refractivity contribution is 7.99. The van der Waals surface area contributed by atoms with Crippen molar-refractivity contribution in [3.05, 3.63) is 23.5 Å². The highest BCUT2D eigenvalue weighted by Crippen LogP contribution is 2.40. The average Bonchev–Trinajstić information content (AvgIpc) is 2.86. The molecule has 0 spiro atoms. The number of thioether (sulfide) groups is 1. The summed E-state index contributed by atoms with van der Waals surface area (Å²) in [7, 11) is 0. The highest BCUT2D eigenvalue weighted by atomic mass is 32.2. The summed E-state index contributed by atoms with van der Waals surface area (Å²) in [5.41, 5.74) is 7.54. The van der Waals surface area contributed by atoms with E-state index in [0.29, 0.717) is 5.75 Å². The molecule has 2 heterocycles. The Kier molecular flexibility index (Phi) is 3.76. The van der Waals surface area contributed by atoms with Gasteiger partial charge in [0, 0.05) is 29.4 Å². The van der Waals surface area contributed by atoms with Crippen LogP contribution in [0.5, 0.6) is 0 Å². The van der Waals surface area contributed by atoms with Crippen LogP contribution >= 0.6 is 11.8 Å². The SMILES string of the molecule is NC(CSC1CCn2ccc(CO)c21)C(=O)O. The zero-order valence-corrected chi connectivity index (χ0v) is 10.2. The summed E-state index contributed by atoms with van der Waals surface area (Å²) in [5.74, 6) is -0.566. The largest absolute Gasteiger partial charge is 0.480 e. The van der Waals surface area contributed by atoms with Gasteiger partial charge in [-0.05, 0) is 18.1 Å². The molecule has 1 aromatic rings. The second-order valence-electron chi connectivity index (χ2n) is 4.13. The Bertz CT molecular complexity index is 419. The number of carboxylic acid groups (broad SMARTS) is 1. The Morgan fingerprint density at radius 3 is 3.12 bits per heavy atom. The Balaban J connectivity index is 2.01. The molecule has 0 aliphatic carbocycles. The standard InChI is InChI=1S/C11H16N2O3S/c12-8(11(15)16)6-17-9-2-4-13-3-1-7(5-14)10(9)13/h1,3,8-9,14H,2,4-6,12H2,(H,15,16). The molecule has 4 N–H and O–H groups in total. The smallest absolute Gasteiger partial charge is 0.321 e. The van der Waals surface area contributed by atoms with Crippen LogP contribution in [0.15, 0.2) is 12.3 Å². The lowest BCUT2D eigenvalue weighted by Crippen LogP contribution is -2.32. The number of nitrogens with two attached hydrogens (primary N) is 1. The zero-order chi connectivity index (χ0) is 12.4. The first-order valence-electron chi connectivity index (χ1n) is 5.52. The molecule has 0 aromatic carbocycles. The first-order chi connectivity index (χ1) is 8.13. The third-order valence-corrected chi connectivity index (χ3v) is 4.41. The van der Waals surface area contributed by atoms with E-state index in [1.807, 2.05) is 12.3 Å². The summed E-state index contributed by atoms with van der Waals surface area (Å²) in [4.78, 5) is 10.6. The fourth-order valence-electron chi connectivity index (χ4n) is 2.10. The fourth-order valence-corrected chi connectivity index (χ4v) is 3.40. The molecule has 0 saturated heterocycles. The number of aliphatic hydroxyl groups excluding tert-OH is 1. The molecule has 1 aliphatic rings. The van der Waals surface area contributed by atoms with E-state index >= 15 is 0 Å². The number of aliphatic hydroxyl groups is 1. The van der Waals surface area contributed by atoms with Gasteiger partial charge < -0.3 is 20.5 Å². The van der Waals surface area contributed by atoms with Gasteiger partial charge >= 0.3 is 5.97 Å². The minimum absolute atomic E-state index is 0.0321. The first kappa shape index (κ1) is 12.5. The summed E-state index contributed by atoms with van der Waals surface area (Å²) >= 11 is 1.56. The molecule has 17 heavy (non-hydrogen) atoms. The van der Waals surface area contributed by atoms with Crippen molar-refractivity contribution in [3.8, 4) is 0 Å². The maximum absolute atomic E-state index is 10.6. The van der Waals surface area contributed by atoms with Gasteiger partial charge in [-0.1, -0.05) is 0 Å². The average molecular weight is 256 g/mol. The molecule has 2 atom stereocenters.